The van der Waals surface area contributed by atoms with E-state index in [1.807, 2.05) is 16.9 Å². The maximum absolute atomic E-state index is 5.85. The Labute approximate surface area is 85.0 Å². The van der Waals surface area contributed by atoms with Crippen molar-refractivity contribution in [3.05, 3.63) is 33.5 Å². The van der Waals surface area contributed by atoms with E-state index in [0.29, 0.717) is 5.28 Å². The molecule has 0 aromatic carbocycles. The molecule has 0 spiro atoms. The van der Waals surface area contributed by atoms with Crippen LogP contribution in [0.25, 0.3) is 0 Å². The lowest BCUT2D eigenvalue weighted by molar-refractivity contribution is 0.764. The van der Waals surface area contributed by atoms with E-state index in [2.05, 4.69) is 21.6 Å². The van der Waals surface area contributed by atoms with Crippen LogP contribution in [-0.4, -0.2) is 14.8 Å². The summed E-state index contributed by atoms with van der Waals surface area (Å²) >= 11 is 7.53. The molecule has 0 bridgehead atoms. The van der Waals surface area contributed by atoms with Gasteiger partial charge in [0.05, 0.1) is 6.54 Å². The normalized spacial score (nSPS) is 10.6. The van der Waals surface area contributed by atoms with Crippen LogP contribution in [0.15, 0.2) is 16.8 Å². The van der Waals surface area contributed by atoms with Crippen molar-refractivity contribution in [2.24, 2.45) is 0 Å². The number of aryl methyl sites for hydroxylation is 1. The van der Waals surface area contributed by atoms with Crippen molar-refractivity contribution in [1.82, 2.24) is 14.8 Å². The van der Waals surface area contributed by atoms with Gasteiger partial charge in [0, 0.05) is 0 Å². The Kier molecular flexibility index (Phi) is 2.33. The SMILES string of the molecule is Cc1nnc(Cl)n1Cc1ccsc1. The van der Waals surface area contributed by atoms with Gasteiger partial charge in [0.15, 0.2) is 0 Å². The van der Waals surface area contributed by atoms with Crippen molar-refractivity contribution in [3.8, 4) is 0 Å². The maximum atomic E-state index is 5.85. The maximum Gasteiger partial charge on any atom is 0.225 e. The standard InChI is InChI=1S/C8H8ClN3S/c1-6-10-11-8(9)12(6)4-7-2-3-13-5-7/h2-3,5H,4H2,1H3. The van der Waals surface area contributed by atoms with Crippen molar-refractivity contribution in [3.63, 3.8) is 0 Å². The fourth-order valence-electron chi connectivity index (χ4n) is 1.10. The van der Waals surface area contributed by atoms with Crippen LogP contribution in [0.4, 0.5) is 0 Å². The van der Waals surface area contributed by atoms with Gasteiger partial charge in [-0.2, -0.15) is 11.3 Å². The van der Waals surface area contributed by atoms with Crippen molar-refractivity contribution < 1.29 is 0 Å². The average Bonchev–Trinajstić information content (AvgIpc) is 2.70. The van der Waals surface area contributed by atoms with Gasteiger partial charge in [-0.1, -0.05) is 0 Å². The van der Waals surface area contributed by atoms with E-state index in [1.54, 1.807) is 11.3 Å². The van der Waals surface area contributed by atoms with Gasteiger partial charge in [0.2, 0.25) is 5.28 Å². The van der Waals surface area contributed by atoms with Crippen LogP contribution in [0.2, 0.25) is 5.28 Å². The second kappa shape index (κ2) is 3.47. The van der Waals surface area contributed by atoms with Gasteiger partial charge in [0.1, 0.15) is 5.82 Å². The van der Waals surface area contributed by atoms with Crippen LogP contribution in [0.3, 0.4) is 0 Å². The molecule has 0 aliphatic rings. The number of halogens is 1. The van der Waals surface area contributed by atoms with Crippen LogP contribution in [0.5, 0.6) is 0 Å². The zero-order valence-corrected chi connectivity index (χ0v) is 8.64. The molecule has 0 aliphatic heterocycles. The van der Waals surface area contributed by atoms with Crippen molar-refractivity contribution in [1.29, 1.82) is 0 Å². The lowest BCUT2D eigenvalue weighted by Gasteiger charge is -2.01. The summed E-state index contributed by atoms with van der Waals surface area (Å²) in [6, 6.07) is 2.07. The van der Waals surface area contributed by atoms with Gasteiger partial charge in [-0.05, 0) is 40.9 Å². The molecule has 0 aliphatic carbocycles. The minimum absolute atomic E-state index is 0.448. The Hall–Kier alpha value is -0.870. The van der Waals surface area contributed by atoms with E-state index in [-0.39, 0.29) is 0 Å². The molecule has 13 heavy (non-hydrogen) atoms. The van der Waals surface area contributed by atoms with Crippen LogP contribution in [0.1, 0.15) is 11.4 Å². The molecule has 3 nitrogen and oxygen atoms in total. The van der Waals surface area contributed by atoms with Crippen molar-refractivity contribution in [2.45, 2.75) is 13.5 Å². The molecular formula is C8H8ClN3S. The Morgan fingerprint density at radius 3 is 2.92 bits per heavy atom. The Morgan fingerprint density at radius 1 is 1.54 bits per heavy atom. The number of hydrogen-bond acceptors (Lipinski definition) is 3. The largest absolute Gasteiger partial charge is 0.297 e. The predicted octanol–water partition coefficient (Wildman–Crippen LogP) is 2.35. The number of nitrogens with zero attached hydrogens (tertiary/aromatic N) is 3. The molecule has 0 atom stereocenters. The number of hydrogen-bond donors (Lipinski definition) is 0. The van der Waals surface area contributed by atoms with E-state index in [0.717, 1.165) is 12.4 Å². The fraction of sp³-hybridized carbons (Fsp3) is 0.250. The number of aromatic nitrogens is 3. The molecule has 0 amide bonds. The van der Waals surface area contributed by atoms with Crippen molar-refractivity contribution >= 4 is 22.9 Å². The highest BCUT2D eigenvalue weighted by Crippen LogP contribution is 2.13. The predicted molar refractivity (Wildman–Crippen MR) is 53.2 cm³/mol. The summed E-state index contributed by atoms with van der Waals surface area (Å²) < 4.78 is 1.88. The number of thiophene rings is 1. The smallest absolute Gasteiger partial charge is 0.225 e. The van der Waals surface area contributed by atoms with Gasteiger partial charge in [-0.3, -0.25) is 4.57 Å². The molecule has 5 heteroatoms. The lowest BCUT2D eigenvalue weighted by atomic mass is 10.3. The van der Waals surface area contributed by atoms with Gasteiger partial charge in [-0.15, -0.1) is 10.2 Å². The molecule has 0 saturated carbocycles. The summed E-state index contributed by atoms with van der Waals surface area (Å²) in [5.41, 5.74) is 1.23. The highest BCUT2D eigenvalue weighted by Gasteiger charge is 2.06. The molecule has 0 radical (unpaired) electrons. The first-order valence-electron chi connectivity index (χ1n) is 3.84. The van der Waals surface area contributed by atoms with Crippen LogP contribution in [0, 0.1) is 6.92 Å². The second-order valence-electron chi connectivity index (χ2n) is 2.73. The zero-order chi connectivity index (χ0) is 9.26. The quantitative estimate of drug-likeness (QED) is 0.767. The summed E-state index contributed by atoms with van der Waals surface area (Å²) in [7, 11) is 0. The number of rotatable bonds is 2. The van der Waals surface area contributed by atoms with Crippen LogP contribution in [-0.2, 0) is 6.54 Å². The average molecular weight is 214 g/mol. The third-order valence-electron chi connectivity index (χ3n) is 1.81. The molecule has 0 fully saturated rings. The van der Waals surface area contributed by atoms with Gasteiger partial charge < -0.3 is 0 Å². The van der Waals surface area contributed by atoms with E-state index in [4.69, 9.17) is 11.6 Å². The molecule has 2 aromatic heterocycles. The van der Waals surface area contributed by atoms with Gasteiger partial charge in [-0.25, -0.2) is 0 Å². The lowest BCUT2D eigenvalue weighted by Crippen LogP contribution is -2.00. The first-order chi connectivity index (χ1) is 6.27. The van der Waals surface area contributed by atoms with E-state index in [1.165, 1.54) is 5.56 Å². The molecule has 0 saturated heterocycles. The summed E-state index contributed by atoms with van der Waals surface area (Å²) in [5.74, 6) is 0.844. The molecule has 68 valence electrons. The fourth-order valence-corrected chi connectivity index (χ4v) is 1.98. The molecular weight excluding hydrogens is 206 g/mol. The van der Waals surface area contributed by atoms with E-state index in [9.17, 15) is 0 Å². The highest BCUT2D eigenvalue weighted by molar-refractivity contribution is 7.07. The molecule has 0 unspecified atom stereocenters. The highest BCUT2D eigenvalue weighted by atomic mass is 35.5. The molecule has 2 rings (SSSR count). The minimum Gasteiger partial charge on any atom is -0.297 e. The monoisotopic (exact) mass is 213 g/mol. The van der Waals surface area contributed by atoms with Gasteiger partial charge in [0.25, 0.3) is 0 Å². The summed E-state index contributed by atoms with van der Waals surface area (Å²) in [4.78, 5) is 0. The third-order valence-corrected chi connectivity index (χ3v) is 2.82. The zero-order valence-electron chi connectivity index (χ0n) is 7.07. The first kappa shape index (κ1) is 8.72. The Bertz CT molecular complexity index is 374. The topological polar surface area (TPSA) is 30.7 Å². The minimum atomic E-state index is 0.448. The van der Waals surface area contributed by atoms with Crippen LogP contribution >= 0.6 is 22.9 Å². The molecule has 2 heterocycles. The van der Waals surface area contributed by atoms with Crippen molar-refractivity contribution in [2.75, 3.05) is 0 Å². The summed E-state index contributed by atoms with van der Waals surface area (Å²) in [6.07, 6.45) is 0. The Morgan fingerprint density at radius 2 is 2.38 bits per heavy atom. The molecule has 2 aromatic rings. The van der Waals surface area contributed by atoms with E-state index < -0.39 is 0 Å². The Balaban J connectivity index is 2.27. The summed E-state index contributed by atoms with van der Waals surface area (Å²) in [5, 5.41) is 12.2. The van der Waals surface area contributed by atoms with E-state index >= 15 is 0 Å². The summed E-state index contributed by atoms with van der Waals surface area (Å²) in [6.45, 7) is 2.65. The third kappa shape index (κ3) is 1.73. The van der Waals surface area contributed by atoms with Crippen LogP contribution < -0.4 is 0 Å². The first-order valence-corrected chi connectivity index (χ1v) is 5.16. The second-order valence-corrected chi connectivity index (χ2v) is 3.85. The molecule has 0 N–H and O–H groups in total. The van der Waals surface area contributed by atoms with Gasteiger partial charge >= 0.3 is 0 Å².